The molecule has 0 atom stereocenters. The van der Waals surface area contributed by atoms with E-state index in [1.165, 1.54) is 24.3 Å². The molecule has 2 aromatic heterocycles. The smallest absolute Gasteiger partial charge is 0.417 e. The molecule has 3 nitrogen and oxygen atoms in total. The number of hydrogen-bond acceptors (Lipinski definition) is 3. The van der Waals surface area contributed by atoms with Gasteiger partial charge in [-0.3, -0.25) is 4.98 Å². The second-order valence-electron chi connectivity index (χ2n) is 5.44. The molecule has 140 valence electrons. The van der Waals surface area contributed by atoms with Crippen LogP contribution in [-0.2, 0) is 12.4 Å². The molecule has 0 spiro atoms. The summed E-state index contributed by atoms with van der Waals surface area (Å²) in [6, 6.07) is 9.59. The normalized spacial score (nSPS) is 12.1. The quantitative estimate of drug-likeness (QED) is 0.522. The zero-order valence-corrected chi connectivity index (χ0v) is 13.3. The van der Waals surface area contributed by atoms with Gasteiger partial charge >= 0.3 is 12.4 Å². The number of rotatable bonds is 3. The largest absolute Gasteiger partial charge is 0.439 e. The monoisotopic (exact) mass is 384 g/mol. The van der Waals surface area contributed by atoms with Gasteiger partial charge in [-0.25, -0.2) is 4.98 Å². The van der Waals surface area contributed by atoms with E-state index in [9.17, 15) is 26.3 Å². The Kier molecular flexibility index (Phi) is 4.77. The maximum absolute atomic E-state index is 12.8. The molecule has 0 aliphatic carbocycles. The number of benzene rings is 1. The van der Waals surface area contributed by atoms with Crippen LogP contribution in [0.15, 0.2) is 60.9 Å². The molecule has 0 saturated heterocycles. The van der Waals surface area contributed by atoms with Gasteiger partial charge in [-0.15, -0.1) is 0 Å². The molecular weight excluding hydrogens is 374 g/mol. The number of nitrogens with zero attached hydrogens (tertiary/aromatic N) is 2. The molecule has 0 saturated carbocycles. The molecule has 0 fully saturated rings. The molecule has 0 aliphatic rings. The van der Waals surface area contributed by atoms with Crippen molar-refractivity contribution in [3.05, 3.63) is 72.1 Å². The van der Waals surface area contributed by atoms with E-state index < -0.39 is 23.5 Å². The standard InChI is InChI=1S/C18H10F6N2O/c19-17(20,21)12-7-8-25-15(9-12)11-1-4-14(5-2-11)27-16-6-3-13(10-26-16)18(22,23)24/h1-10H. The summed E-state index contributed by atoms with van der Waals surface area (Å²) in [5.74, 6) is 0.214. The number of halogens is 6. The first-order valence-electron chi connectivity index (χ1n) is 7.48. The van der Waals surface area contributed by atoms with Crippen molar-refractivity contribution in [1.29, 1.82) is 0 Å². The number of aromatic nitrogens is 2. The van der Waals surface area contributed by atoms with Crippen molar-refractivity contribution in [2.45, 2.75) is 12.4 Å². The van der Waals surface area contributed by atoms with Crippen molar-refractivity contribution in [3.8, 4) is 22.9 Å². The van der Waals surface area contributed by atoms with Gasteiger partial charge < -0.3 is 4.74 Å². The maximum atomic E-state index is 12.8. The first kappa shape index (κ1) is 18.7. The Hall–Kier alpha value is -3.10. The van der Waals surface area contributed by atoms with Gasteiger partial charge in [0.25, 0.3) is 0 Å². The van der Waals surface area contributed by atoms with Gasteiger partial charge in [-0.1, -0.05) is 0 Å². The Labute approximate surface area is 149 Å². The Morgan fingerprint density at radius 3 is 1.93 bits per heavy atom. The number of pyridine rings is 2. The Morgan fingerprint density at radius 1 is 0.704 bits per heavy atom. The number of ether oxygens (including phenoxy) is 1. The summed E-state index contributed by atoms with van der Waals surface area (Å²) < 4.78 is 81.1. The summed E-state index contributed by atoms with van der Waals surface area (Å²) in [6.07, 6.45) is -7.26. The second kappa shape index (κ2) is 6.90. The topological polar surface area (TPSA) is 35.0 Å². The fourth-order valence-electron chi connectivity index (χ4n) is 2.19. The van der Waals surface area contributed by atoms with Crippen molar-refractivity contribution in [1.82, 2.24) is 9.97 Å². The predicted octanol–water partition coefficient (Wildman–Crippen LogP) is 5.97. The van der Waals surface area contributed by atoms with Crippen LogP contribution in [0, 0.1) is 0 Å². The molecule has 0 bridgehead atoms. The van der Waals surface area contributed by atoms with E-state index in [2.05, 4.69) is 9.97 Å². The van der Waals surface area contributed by atoms with E-state index >= 15 is 0 Å². The van der Waals surface area contributed by atoms with Crippen LogP contribution in [0.2, 0.25) is 0 Å². The SMILES string of the molecule is FC(F)(F)c1ccc(Oc2ccc(-c3cc(C(F)(F)F)ccn3)cc2)nc1. The lowest BCUT2D eigenvalue weighted by Gasteiger charge is -2.10. The highest BCUT2D eigenvalue weighted by Crippen LogP contribution is 2.32. The van der Waals surface area contributed by atoms with Gasteiger partial charge in [-0.2, -0.15) is 26.3 Å². The Bertz CT molecular complexity index is 918. The minimum atomic E-state index is -4.49. The molecule has 9 heteroatoms. The summed E-state index contributed by atoms with van der Waals surface area (Å²) >= 11 is 0. The van der Waals surface area contributed by atoms with Crippen LogP contribution in [0.3, 0.4) is 0 Å². The van der Waals surface area contributed by atoms with Gasteiger partial charge in [0.05, 0.1) is 16.8 Å². The van der Waals surface area contributed by atoms with Crippen molar-refractivity contribution in [2.75, 3.05) is 0 Å². The highest BCUT2D eigenvalue weighted by Gasteiger charge is 2.31. The van der Waals surface area contributed by atoms with Gasteiger partial charge in [0.1, 0.15) is 5.75 Å². The van der Waals surface area contributed by atoms with Gasteiger partial charge in [-0.05, 0) is 42.5 Å². The third-order valence-corrected chi connectivity index (χ3v) is 3.52. The van der Waals surface area contributed by atoms with Crippen LogP contribution in [0.5, 0.6) is 11.6 Å². The molecule has 0 radical (unpaired) electrons. The van der Waals surface area contributed by atoms with Crippen molar-refractivity contribution in [2.24, 2.45) is 0 Å². The van der Waals surface area contributed by atoms with Gasteiger partial charge in [0.2, 0.25) is 5.88 Å². The molecule has 0 aliphatic heterocycles. The minimum Gasteiger partial charge on any atom is -0.439 e. The fraction of sp³-hybridized carbons (Fsp3) is 0.111. The van der Waals surface area contributed by atoms with Crippen LogP contribution in [-0.4, -0.2) is 9.97 Å². The van der Waals surface area contributed by atoms with E-state index in [-0.39, 0.29) is 17.3 Å². The highest BCUT2D eigenvalue weighted by atomic mass is 19.4. The lowest BCUT2D eigenvalue weighted by Crippen LogP contribution is -2.05. The minimum absolute atomic E-state index is 0.0482. The van der Waals surface area contributed by atoms with Crippen LogP contribution < -0.4 is 4.74 Å². The van der Waals surface area contributed by atoms with E-state index in [4.69, 9.17) is 4.74 Å². The third-order valence-electron chi connectivity index (χ3n) is 3.52. The lowest BCUT2D eigenvalue weighted by molar-refractivity contribution is -0.138. The highest BCUT2D eigenvalue weighted by molar-refractivity contribution is 5.61. The molecule has 2 heterocycles. The molecule has 0 N–H and O–H groups in total. The average molecular weight is 384 g/mol. The van der Waals surface area contributed by atoms with E-state index in [1.807, 2.05) is 0 Å². The fourth-order valence-corrected chi connectivity index (χ4v) is 2.19. The molecule has 3 aromatic rings. The first-order valence-corrected chi connectivity index (χ1v) is 7.48. The molecular formula is C18H10F6N2O. The summed E-state index contributed by atoms with van der Waals surface area (Å²) in [6.45, 7) is 0. The molecule has 0 amide bonds. The van der Waals surface area contributed by atoms with Crippen LogP contribution in [0.4, 0.5) is 26.3 Å². The molecule has 27 heavy (non-hydrogen) atoms. The van der Waals surface area contributed by atoms with E-state index in [1.54, 1.807) is 0 Å². The average Bonchev–Trinajstić information content (AvgIpc) is 2.61. The molecule has 1 aromatic carbocycles. The molecule has 3 rings (SSSR count). The third kappa shape index (κ3) is 4.55. The van der Waals surface area contributed by atoms with Crippen LogP contribution >= 0.6 is 0 Å². The first-order chi connectivity index (χ1) is 12.6. The van der Waals surface area contributed by atoms with Crippen LogP contribution in [0.25, 0.3) is 11.3 Å². The zero-order valence-electron chi connectivity index (χ0n) is 13.3. The van der Waals surface area contributed by atoms with Crippen molar-refractivity contribution < 1.29 is 31.1 Å². The predicted molar refractivity (Wildman–Crippen MR) is 84.0 cm³/mol. The zero-order chi connectivity index (χ0) is 19.7. The summed E-state index contributed by atoms with van der Waals surface area (Å²) in [5, 5.41) is 0. The number of alkyl halides is 6. The van der Waals surface area contributed by atoms with Crippen LogP contribution in [0.1, 0.15) is 11.1 Å². The van der Waals surface area contributed by atoms with E-state index in [0.29, 0.717) is 11.8 Å². The van der Waals surface area contributed by atoms with Crippen molar-refractivity contribution >= 4 is 0 Å². The number of hydrogen-bond donors (Lipinski definition) is 0. The lowest BCUT2D eigenvalue weighted by atomic mass is 10.1. The Morgan fingerprint density at radius 2 is 1.37 bits per heavy atom. The molecule has 0 unspecified atom stereocenters. The summed E-state index contributed by atoms with van der Waals surface area (Å²) in [4.78, 5) is 7.49. The Balaban J connectivity index is 1.76. The second-order valence-corrected chi connectivity index (χ2v) is 5.44. The summed E-state index contributed by atoms with van der Waals surface area (Å²) in [5.41, 5.74) is -1.17. The maximum Gasteiger partial charge on any atom is 0.417 e. The van der Waals surface area contributed by atoms with Gasteiger partial charge in [0, 0.05) is 24.0 Å². The summed E-state index contributed by atoms with van der Waals surface area (Å²) in [7, 11) is 0. The van der Waals surface area contributed by atoms with E-state index in [0.717, 1.165) is 30.5 Å². The van der Waals surface area contributed by atoms with Crippen molar-refractivity contribution in [3.63, 3.8) is 0 Å². The van der Waals surface area contributed by atoms with Gasteiger partial charge in [0.15, 0.2) is 0 Å².